The van der Waals surface area contributed by atoms with E-state index < -0.39 is 5.54 Å². The van der Waals surface area contributed by atoms with Gasteiger partial charge < -0.3 is 10.2 Å². The van der Waals surface area contributed by atoms with Crippen LogP contribution >= 0.6 is 0 Å². The molecular formula is C16H22N6O. The third-order valence-electron chi connectivity index (χ3n) is 4.28. The maximum absolute atomic E-state index is 12.6. The van der Waals surface area contributed by atoms with E-state index >= 15 is 0 Å². The van der Waals surface area contributed by atoms with E-state index in [9.17, 15) is 4.79 Å². The van der Waals surface area contributed by atoms with E-state index in [4.69, 9.17) is 0 Å². The van der Waals surface area contributed by atoms with Crippen LogP contribution in [0.2, 0.25) is 0 Å². The Labute approximate surface area is 135 Å². The van der Waals surface area contributed by atoms with Crippen LogP contribution in [0.3, 0.4) is 0 Å². The first-order valence-corrected chi connectivity index (χ1v) is 7.89. The van der Waals surface area contributed by atoms with Crippen molar-refractivity contribution in [3.05, 3.63) is 37.1 Å². The average molecular weight is 314 g/mol. The zero-order valence-corrected chi connectivity index (χ0v) is 13.5. The molecule has 3 rings (SSSR count). The molecule has 1 saturated heterocycles. The molecular weight excluding hydrogens is 292 g/mol. The number of anilines is 1. The highest BCUT2D eigenvalue weighted by molar-refractivity contribution is 5.83. The SMILES string of the molecule is CC(C)(C(=O)NC1CCCN(c2ccccn2)C1)n1cncn1. The van der Waals surface area contributed by atoms with Crippen molar-refractivity contribution in [1.29, 1.82) is 0 Å². The maximum atomic E-state index is 12.6. The number of pyridine rings is 1. The van der Waals surface area contributed by atoms with E-state index in [1.165, 1.54) is 6.33 Å². The Morgan fingerprint density at radius 3 is 2.96 bits per heavy atom. The Hall–Kier alpha value is -2.44. The molecule has 0 spiro atoms. The molecule has 1 atom stereocenters. The summed E-state index contributed by atoms with van der Waals surface area (Å²) in [5.41, 5.74) is -0.760. The Morgan fingerprint density at radius 1 is 1.39 bits per heavy atom. The van der Waals surface area contributed by atoms with Crippen LogP contribution in [0.15, 0.2) is 37.1 Å². The Balaban J connectivity index is 1.65. The number of carbonyl (C=O) groups is 1. The number of aromatic nitrogens is 4. The zero-order valence-electron chi connectivity index (χ0n) is 13.5. The first kappa shape index (κ1) is 15.5. The summed E-state index contributed by atoms with van der Waals surface area (Å²) in [5, 5.41) is 7.24. The Bertz CT molecular complexity index is 640. The average Bonchev–Trinajstić information content (AvgIpc) is 3.11. The molecule has 0 bridgehead atoms. The largest absolute Gasteiger partial charge is 0.355 e. The van der Waals surface area contributed by atoms with Crippen LogP contribution in [0, 0.1) is 0 Å². The number of carbonyl (C=O) groups excluding carboxylic acids is 1. The third kappa shape index (κ3) is 3.33. The molecule has 1 aliphatic heterocycles. The van der Waals surface area contributed by atoms with Gasteiger partial charge in [0.05, 0.1) is 0 Å². The van der Waals surface area contributed by atoms with Gasteiger partial charge in [0.1, 0.15) is 24.0 Å². The summed E-state index contributed by atoms with van der Waals surface area (Å²) in [6, 6.07) is 6.01. The highest BCUT2D eigenvalue weighted by Crippen LogP contribution is 2.19. The number of nitrogens with zero attached hydrogens (tertiary/aromatic N) is 5. The molecule has 0 saturated carbocycles. The van der Waals surface area contributed by atoms with Crippen molar-refractivity contribution in [2.75, 3.05) is 18.0 Å². The molecule has 1 amide bonds. The van der Waals surface area contributed by atoms with Gasteiger partial charge in [-0.15, -0.1) is 0 Å². The molecule has 0 aliphatic carbocycles. The van der Waals surface area contributed by atoms with Crippen LogP contribution in [0.5, 0.6) is 0 Å². The number of hydrogen-bond acceptors (Lipinski definition) is 5. The molecule has 2 aromatic heterocycles. The monoisotopic (exact) mass is 314 g/mol. The fourth-order valence-electron chi connectivity index (χ4n) is 2.81. The van der Waals surface area contributed by atoms with Gasteiger partial charge in [0, 0.05) is 25.3 Å². The van der Waals surface area contributed by atoms with Gasteiger partial charge in [-0.1, -0.05) is 6.07 Å². The van der Waals surface area contributed by atoms with Crippen LogP contribution in [0.1, 0.15) is 26.7 Å². The van der Waals surface area contributed by atoms with Crippen LogP contribution in [0.25, 0.3) is 0 Å². The van der Waals surface area contributed by atoms with Crippen molar-refractivity contribution in [1.82, 2.24) is 25.1 Å². The predicted octanol–water partition coefficient (Wildman–Crippen LogP) is 1.19. The molecule has 0 aromatic carbocycles. The van der Waals surface area contributed by atoms with Crippen molar-refractivity contribution >= 4 is 11.7 Å². The van der Waals surface area contributed by atoms with Gasteiger partial charge in [0.15, 0.2) is 0 Å². The molecule has 1 N–H and O–H groups in total. The molecule has 2 aromatic rings. The Morgan fingerprint density at radius 2 is 2.26 bits per heavy atom. The normalized spacial score (nSPS) is 18.7. The van der Waals surface area contributed by atoms with Crippen LogP contribution in [-0.2, 0) is 10.3 Å². The minimum Gasteiger partial charge on any atom is -0.355 e. The zero-order chi connectivity index (χ0) is 16.3. The van der Waals surface area contributed by atoms with Gasteiger partial charge >= 0.3 is 0 Å². The summed E-state index contributed by atoms with van der Waals surface area (Å²) in [6.07, 6.45) is 6.82. The lowest BCUT2D eigenvalue weighted by atomic mass is 10.0. The van der Waals surface area contributed by atoms with E-state index in [2.05, 4.69) is 25.3 Å². The third-order valence-corrected chi connectivity index (χ3v) is 4.28. The second-order valence-electron chi connectivity index (χ2n) is 6.35. The molecule has 1 aliphatic rings. The number of nitrogens with one attached hydrogen (secondary N) is 1. The standard InChI is InChI=1S/C16H22N6O/c1-16(2,22-12-17-11-19-22)15(23)20-13-6-5-9-21(10-13)14-7-3-4-8-18-14/h3-4,7-8,11-13H,5-6,9-10H2,1-2H3,(H,20,23). The molecule has 1 fully saturated rings. The van der Waals surface area contributed by atoms with Gasteiger partial charge in [-0.25, -0.2) is 14.6 Å². The van der Waals surface area contributed by atoms with Crippen LogP contribution in [-0.4, -0.2) is 44.8 Å². The summed E-state index contributed by atoms with van der Waals surface area (Å²) in [5.74, 6) is 0.915. The van der Waals surface area contributed by atoms with Gasteiger partial charge in [0.25, 0.3) is 0 Å². The van der Waals surface area contributed by atoms with E-state index in [1.807, 2.05) is 32.0 Å². The number of piperidine rings is 1. The van der Waals surface area contributed by atoms with E-state index in [0.717, 1.165) is 31.7 Å². The van der Waals surface area contributed by atoms with Crippen molar-refractivity contribution in [2.45, 2.75) is 38.3 Å². The quantitative estimate of drug-likeness (QED) is 0.917. The molecule has 7 nitrogen and oxygen atoms in total. The maximum Gasteiger partial charge on any atom is 0.247 e. The highest BCUT2D eigenvalue weighted by atomic mass is 16.2. The second kappa shape index (κ2) is 6.36. The van der Waals surface area contributed by atoms with Gasteiger partial charge in [-0.3, -0.25) is 4.79 Å². The van der Waals surface area contributed by atoms with Gasteiger partial charge in [0.2, 0.25) is 5.91 Å². The second-order valence-corrected chi connectivity index (χ2v) is 6.35. The van der Waals surface area contributed by atoms with Crippen LogP contribution in [0.4, 0.5) is 5.82 Å². The van der Waals surface area contributed by atoms with Crippen molar-refractivity contribution in [2.24, 2.45) is 0 Å². The number of rotatable bonds is 4. The van der Waals surface area contributed by atoms with Crippen molar-refractivity contribution < 1.29 is 4.79 Å². The van der Waals surface area contributed by atoms with E-state index in [1.54, 1.807) is 17.2 Å². The van der Waals surface area contributed by atoms with Crippen molar-refractivity contribution in [3.63, 3.8) is 0 Å². The lowest BCUT2D eigenvalue weighted by Gasteiger charge is -2.35. The van der Waals surface area contributed by atoms with Crippen LogP contribution < -0.4 is 10.2 Å². The summed E-state index contributed by atoms with van der Waals surface area (Å²) >= 11 is 0. The smallest absolute Gasteiger partial charge is 0.247 e. The Kier molecular flexibility index (Phi) is 4.27. The lowest BCUT2D eigenvalue weighted by molar-refractivity contribution is -0.129. The topological polar surface area (TPSA) is 75.9 Å². The fraction of sp³-hybridized carbons (Fsp3) is 0.500. The summed E-state index contributed by atoms with van der Waals surface area (Å²) in [6.45, 7) is 5.43. The summed E-state index contributed by atoms with van der Waals surface area (Å²) in [7, 11) is 0. The van der Waals surface area contributed by atoms with Crippen molar-refractivity contribution in [3.8, 4) is 0 Å². The first-order chi connectivity index (χ1) is 11.1. The molecule has 0 radical (unpaired) electrons. The summed E-state index contributed by atoms with van der Waals surface area (Å²) < 4.78 is 1.58. The molecule has 3 heterocycles. The van der Waals surface area contributed by atoms with E-state index in [-0.39, 0.29) is 11.9 Å². The highest BCUT2D eigenvalue weighted by Gasteiger charge is 2.33. The van der Waals surface area contributed by atoms with Gasteiger partial charge in [-0.05, 0) is 38.8 Å². The number of amides is 1. The minimum atomic E-state index is -0.760. The van der Waals surface area contributed by atoms with E-state index in [0.29, 0.717) is 0 Å². The molecule has 1 unspecified atom stereocenters. The van der Waals surface area contributed by atoms with Gasteiger partial charge in [-0.2, -0.15) is 5.10 Å². The molecule has 7 heteroatoms. The predicted molar refractivity (Wildman–Crippen MR) is 87.0 cm³/mol. The minimum absolute atomic E-state index is 0.0455. The fourth-order valence-corrected chi connectivity index (χ4v) is 2.81. The lowest BCUT2D eigenvalue weighted by Crippen LogP contribution is -2.53. The molecule has 122 valence electrons. The summed E-state index contributed by atoms with van der Waals surface area (Å²) in [4.78, 5) is 23.2. The number of hydrogen-bond donors (Lipinski definition) is 1. The molecule has 23 heavy (non-hydrogen) atoms. The first-order valence-electron chi connectivity index (χ1n) is 7.89.